The van der Waals surface area contributed by atoms with Gasteiger partial charge < -0.3 is 15.1 Å². The number of benzene rings is 1. The first-order valence-electron chi connectivity index (χ1n) is 9.03. The maximum absolute atomic E-state index is 4.86. The topological polar surface area (TPSA) is 43.8 Å². The first-order valence-corrected chi connectivity index (χ1v) is 9.85. The molecule has 6 heteroatoms. The maximum Gasteiger partial charge on any atom is 0.200 e. The van der Waals surface area contributed by atoms with Crippen molar-refractivity contribution >= 4 is 22.4 Å². The average molecular weight is 353 g/mol. The molecule has 0 amide bonds. The number of nitrogens with zero attached hydrogens (tertiary/aromatic N) is 4. The van der Waals surface area contributed by atoms with Crippen molar-refractivity contribution in [1.82, 2.24) is 14.8 Å². The van der Waals surface area contributed by atoms with Crippen molar-refractivity contribution in [1.29, 1.82) is 0 Å². The van der Waals surface area contributed by atoms with Crippen molar-refractivity contribution in [3.8, 4) is 10.4 Å². The number of hydrogen-bond acceptors (Lipinski definition) is 6. The zero-order valence-electron chi connectivity index (χ0n) is 14.5. The molecule has 0 saturated carbocycles. The summed E-state index contributed by atoms with van der Waals surface area (Å²) in [6.45, 7) is 4.58. The van der Waals surface area contributed by atoms with Gasteiger partial charge in [0.15, 0.2) is 5.13 Å². The van der Waals surface area contributed by atoms with Gasteiger partial charge in [-0.1, -0.05) is 41.7 Å². The third kappa shape index (κ3) is 2.47. The van der Waals surface area contributed by atoms with E-state index < -0.39 is 0 Å². The number of piperidine rings is 3. The van der Waals surface area contributed by atoms with E-state index >= 15 is 0 Å². The van der Waals surface area contributed by atoms with Gasteiger partial charge in [-0.05, 0) is 37.4 Å². The lowest BCUT2D eigenvalue weighted by molar-refractivity contribution is -0.0199. The number of fused-ring (bicyclic) bond motifs is 2. The van der Waals surface area contributed by atoms with E-state index in [2.05, 4.69) is 51.4 Å². The van der Waals surface area contributed by atoms with Crippen molar-refractivity contribution < 1.29 is 0 Å². The summed E-state index contributed by atoms with van der Waals surface area (Å²) in [4.78, 5) is 15.6. The Labute approximate surface area is 152 Å². The lowest BCUT2D eigenvalue weighted by Crippen LogP contribution is -2.66. The molecule has 1 aromatic carbocycles. The minimum atomic E-state index is 0.193. The summed E-state index contributed by atoms with van der Waals surface area (Å²) in [6, 6.07) is 10.4. The van der Waals surface area contributed by atoms with Crippen molar-refractivity contribution in [2.45, 2.75) is 18.4 Å². The molecule has 1 aromatic heterocycles. The SMILES string of the molecule is CN1C(Nc2ncc(-c3ccccc3)s2)=NCC12CN1CCC2CC1. The molecule has 1 atom stereocenters. The summed E-state index contributed by atoms with van der Waals surface area (Å²) < 4.78 is 0. The quantitative estimate of drug-likeness (QED) is 0.901. The molecule has 2 aromatic rings. The monoisotopic (exact) mass is 353 g/mol. The van der Waals surface area contributed by atoms with Crippen LogP contribution >= 0.6 is 11.3 Å². The highest BCUT2D eigenvalue weighted by molar-refractivity contribution is 7.19. The number of aliphatic imine (C=N–C) groups is 1. The van der Waals surface area contributed by atoms with Crippen molar-refractivity contribution in [3.63, 3.8) is 0 Å². The largest absolute Gasteiger partial charge is 0.337 e. The smallest absolute Gasteiger partial charge is 0.200 e. The number of hydrogen-bond donors (Lipinski definition) is 1. The zero-order chi connectivity index (χ0) is 16.9. The van der Waals surface area contributed by atoms with Crippen LogP contribution in [0.3, 0.4) is 0 Å². The van der Waals surface area contributed by atoms with Gasteiger partial charge in [-0.3, -0.25) is 4.99 Å². The molecule has 3 fully saturated rings. The van der Waals surface area contributed by atoms with Crippen LogP contribution in [0.2, 0.25) is 0 Å². The Morgan fingerprint density at radius 3 is 2.72 bits per heavy atom. The molecule has 4 aliphatic heterocycles. The summed E-state index contributed by atoms with van der Waals surface area (Å²) in [5.74, 6) is 1.74. The van der Waals surface area contributed by atoms with Crippen LogP contribution in [0, 0.1) is 5.92 Å². The lowest BCUT2D eigenvalue weighted by atomic mass is 9.72. The van der Waals surface area contributed by atoms with Crippen molar-refractivity contribution in [2.24, 2.45) is 10.9 Å². The highest BCUT2D eigenvalue weighted by atomic mass is 32.1. The molecule has 0 radical (unpaired) electrons. The van der Waals surface area contributed by atoms with Crippen LogP contribution in [0.25, 0.3) is 10.4 Å². The van der Waals surface area contributed by atoms with E-state index in [1.165, 1.54) is 36.4 Å². The molecule has 4 aliphatic rings. The van der Waals surface area contributed by atoms with Crippen molar-refractivity contribution in [2.75, 3.05) is 38.5 Å². The van der Waals surface area contributed by atoms with Gasteiger partial charge in [-0.25, -0.2) is 4.98 Å². The highest BCUT2D eigenvalue weighted by Gasteiger charge is 2.52. The number of anilines is 1. The van der Waals surface area contributed by atoms with Crippen molar-refractivity contribution in [3.05, 3.63) is 36.5 Å². The Morgan fingerprint density at radius 2 is 2.00 bits per heavy atom. The molecule has 1 unspecified atom stereocenters. The fraction of sp³-hybridized carbons (Fsp3) is 0.474. The zero-order valence-corrected chi connectivity index (χ0v) is 15.3. The van der Waals surface area contributed by atoms with Gasteiger partial charge in [0.2, 0.25) is 5.96 Å². The molecule has 130 valence electrons. The Morgan fingerprint density at radius 1 is 1.20 bits per heavy atom. The Bertz CT molecular complexity index is 793. The molecular formula is C19H23N5S. The van der Waals surface area contributed by atoms with Crippen LogP contribution in [0.5, 0.6) is 0 Å². The predicted molar refractivity (Wildman–Crippen MR) is 103 cm³/mol. The van der Waals surface area contributed by atoms with Crippen LogP contribution in [-0.2, 0) is 0 Å². The minimum absolute atomic E-state index is 0.193. The third-order valence-electron chi connectivity index (χ3n) is 6.12. The van der Waals surface area contributed by atoms with Crippen LogP contribution in [0.15, 0.2) is 41.5 Å². The second-order valence-electron chi connectivity index (χ2n) is 7.37. The number of nitrogens with one attached hydrogen (secondary N) is 1. The fourth-order valence-corrected chi connectivity index (χ4v) is 5.44. The van der Waals surface area contributed by atoms with Gasteiger partial charge in [0.25, 0.3) is 0 Å². The molecule has 5 heterocycles. The van der Waals surface area contributed by atoms with Gasteiger partial charge in [0.05, 0.1) is 17.0 Å². The fourth-order valence-electron chi connectivity index (χ4n) is 4.63. The van der Waals surface area contributed by atoms with E-state index in [9.17, 15) is 0 Å². The van der Waals surface area contributed by atoms with Crippen LogP contribution in [0.1, 0.15) is 12.8 Å². The third-order valence-corrected chi connectivity index (χ3v) is 7.08. The Kier molecular flexibility index (Phi) is 3.57. The van der Waals surface area contributed by atoms with Crippen LogP contribution in [0.4, 0.5) is 5.13 Å². The van der Waals surface area contributed by atoms with E-state index in [-0.39, 0.29) is 5.54 Å². The summed E-state index contributed by atoms with van der Waals surface area (Å²) in [6.07, 6.45) is 4.56. The normalized spacial score (nSPS) is 30.8. The van der Waals surface area contributed by atoms with Gasteiger partial charge in [-0.2, -0.15) is 0 Å². The summed E-state index contributed by atoms with van der Waals surface area (Å²) in [5.41, 5.74) is 1.40. The Balaban J connectivity index is 1.33. The first-order chi connectivity index (χ1) is 12.2. The number of guanidine groups is 1. The minimum Gasteiger partial charge on any atom is -0.337 e. The number of rotatable bonds is 2. The van der Waals surface area contributed by atoms with Gasteiger partial charge >= 0.3 is 0 Å². The second-order valence-corrected chi connectivity index (χ2v) is 8.40. The first kappa shape index (κ1) is 15.3. The second kappa shape index (κ2) is 5.81. The van der Waals surface area contributed by atoms with Crippen LogP contribution in [-0.4, -0.2) is 59.5 Å². The highest BCUT2D eigenvalue weighted by Crippen LogP contribution is 2.42. The predicted octanol–water partition coefficient (Wildman–Crippen LogP) is 2.99. The van der Waals surface area contributed by atoms with E-state index in [0.717, 1.165) is 30.1 Å². The maximum atomic E-state index is 4.86. The van der Waals surface area contributed by atoms with Gasteiger partial charge in [0, 0.05) is 19.8 Å². The molecular weight excluding hydrogens is 330 g/mol. The van der Waals surface area contributed by atoms with E-state index in [1.54, 1.807) is 11.3 Å². The summed E-state index contributed by atoms with van der Waals surface area (Å²) in [5, 5.41) is 4.40. The number of likely N-dealkylation sites (N-methyl/N-ethyl adjacent to an activating group) is 1. The molecule has 5 nitrogen and oxygen atoms in total. The molecule has 6 rings (SSSR count). The number of thiazole rings is 1. The van der Waals surface area contributed by atoms with Crippen LogP contribution < -0.4 is 5.32 Å². The van der Waals surface area contributed by atoms with E-state index in [4.69, 9.17) is 4.99 Å². The molecule has 1 N–H and O–H groups in total. The summed E-state index contributed by atoms with van der Waals surface area (Å²) in [7, 11) is 2.20. The average Bonchev–Trinajstić information content (AvgIpc) is 3.25. The number of aromatic nitrogens is 1. The Hall–Kier alpha value is -1.92. The van der Waals surface area contributed by atoms with Gasteiger partial charge in [-0.15, -0.1) is 0 Å². The van der Waals surface area contributed by atoms with E-state index in [0.29, 0.717) is 0 Å². The standard InChI is InChI=1S/C19H23N5S/c1-23-17(21-12-19(23)13-24-9-7-15(19)8-10-24)22-18-20-11-16(25-18)14-5-3-2-4-6-14/h2-6,11,15H,7-10,12-13H2,1H3,(H,20,21,22). The van der Waals surface area contributed by atoms with Gasteiger partial charge in [0.1, 0.15) is 0 Å². The molecule has 1 spiro atoms. The summed E-state index contributed by atoms with van der Waals surface area (Å²) >= 11 is 1.69. The molecule has 25 heavy (non-hydrogen) atoms. The molecule has 0 aliphatic carbocycles. The lowest BCUT2D eigenvalue weighted by Gasteiger charge is -2.54. The molecule has 2 bridgehead atoms. The molecule has 3 saturated heterocycles. The van der Waals surface area contributed by atoms with E-state index in [1.807, 2.05) is 12.3 Å².